The van der Waals surface area contributed by atoms with Gasteiger partial charge < -0.3 is 15.3 Å². The van der Waals surface area contributed by atoms with Crippen LogP contribution in [0.15, 0.2) is 12.1 Å². The van der Waals surface area contributed by atoms with Crippen molar-refractivity contribution >= 4 is 29.1 Å². The van der Waals surface area contributed by atoms with Gasteiger partial charge in [0.2, 0.25) is 0 Å². The van der Waals surface area contributed by atoms with Crippen LogP contribution in [0.2, 0.25) is 5.02 Å². The van der Waals surface area contributed by atoms with Gasteiger partial charge in [0.25, 0.3) is 0 Å². The van der Waals surface area contributed by atoms with Crippen LogP contribution in [0, 0.1) is 13.8 Å². The zero-order valence-electron chi connectivity index (χ0n) is 13.6. The number of piperidine rings is 1. The Labute approximate surface area is 141 Å². The number of likely N-dealkylation sites (tertiary alicyclic amines) is 1. The number of nitrogens with one attached hydrogen (secondary N) is 1. The van der Waals surface area contributed by atoms with Gasteiger partial charge in [0.05, 0.1) is 10.7 Å². The van der Waals surface area contributed by atoms with Crippen molar-refractivity contribution in [3.05, 3.63) is 28.3 Å². The van der Waals surface area contributed by atoms with Gasteiger partial charge in [-0.1, -0.05) is 17.7 Å². The molecule has 1 fully saturated rings. The third-order valence-corrected chi connectivity index (χ3v) is 4.51. The molecule has 23 heavy (non-hydrogen) atoms. The molecule has 0 radical (unpaired) electrons. The van der Waals surface area contributed by atoms with Crippen LogP contribution in [0.3, 0.4) is 0 Å². The summed E-state index contributed by atoms with van der Waals surface area (Å²) in [5.41, 5.74) is 2.30. The fraction of sp³-hybridized carbons (Fsp3) is 0.529. The van der Waals surface area contributed by atoms with Crippen molar-refractivity contribution in [3.63, 3.8) is 0 Å². The summed E-state index contributed by atoms with van der Waals surface area (Å²) in [5, 5.41) is 12.2. The second-order valence-corrected chi connectivity index (χ2v) is 6.46. The van der Waals surface area contributed by atoms with Gasteiger partial charge in [0.15, 0.2) is 0 Å². The fourth-order valence-electron chi connectivity index (χ4n) is 3.09. The number of aliphatic hydroxyl groups excluding tert-OH is 1. The highest BCUT2D eigenvalue weighted by molar-refractivity contribution is 6.41. The van der Waals surface area contributed by atoms with Crippen LogP contribution in [-0.2, 0) is 9.59 Å². The first-order valence-electron chi connectivity index (χ1n) is 7.93. The molecule has 2 rings (SSSR count). The number of hydrogen-bond acceptors (Lipinski definition) is 3. The molecule has 126 valence electrons. The second kappa shape index (κ2) is 7.79. The summed E-state index contributed by atoms with van der Waals surface area (Å²) >= 11 is 6.18. The Hall–Kier alpha value is -1.59. The SMILES string of the molecule is Cc1cc(C)c(NC(=O)C(=O)N2CCCCC2CCO)c(Cl)c1. The van der Waals surface area contributed by atoms with E-state index in [4.69, 9.17) is 16.7 Å². The number of carbonyl (C=O) groups is 2. The molecular formula is C17H23ClN2O3. The first kappa shape index (κ1) is 17.8. The summed E-state index contributed by atoms with van der Waals surface area (Å²) in [6, 6.07) is 3.59. The Balaban J connectivity index is 2.12. The molecular weight excluding hydrogens is 316 g/mol. The quantitative estimate of drug-likeness (QED) is 0.832. The predicted molar refractivity (Wildman–Crippen MR) is 90.6 cm³/mol. The minimum absolute atomic E-state index is 0.0129. The van der Waals surface area contributed by atoms with E-state index < -0.39 is 11.8 Å². The summed E-state index contributed by atoms with van der Waals surface area (Å²) in [4.78, 5) is 26.4. The van der Waals surface area contributed by atoms with E-state index in [1.165, 1.54) is 0 Å². The third kappa shape index (κ3) is 4.24. The zero-order valence-corrected chi connectivity index (χ0v) is 14.3. The lowest BCUT2D eigenvalue weighted by Gasteiger charge is -2.35. The summed E-state index contributed by atoms with van der Waals surface area (Å²) < 4.78 is 0. The Bertz CT molecular complexity index is 578. The van der Waals surface area contributed by atoms with E-state index in [0.29, 0.717) is 23.7 Å². The van der Waals surface area contributed by atoms with Crippen LogP contribution in [0.25, 0.3) is 0 Å². The van der Waals surface area contributed by atoms with Crippen molar-refractivity contribution in [1.29, 1.82) is 0 Å². The molecule has 1 aromatic carbocycles. The van der Waals surface area contributed by atoms with Crippen LogP contribution in [0.4, 0.5) is 5.69 Å². The molecule has 1 aliphatic rings. The Morgan fingerprint density at radius 3 is 2.74 bits per heavy atom. The number of aliphatic hydroxyl groups is 1. The molecule has 0 aromatic heterocycles. The lowest BCUT2D eigenvalue weighted by molar-refractivity contribution is -0.146. The summed E-state index contributed by atoms with van der Waals surface area (Å²) in [6.45, 7) is 4.33. The number of halogens is 1. The number of anilines is 1. The topological polar surface area (TPSA) is 69.6 Å². The van der Waals surface area contributed by atoms with Crippen molar-refractivity contribution in [2.45, 2.75) is 45.6 Å². The zero-order chi connectivity index (χ0) is 17.0. The maximum Gasteiger partial charge on any atom is 0.313 e. The highest BCUT2D eigenvalue weighted by atomic mass is 35.5. The second-order valence-electron chi connectivity index (χ2n) is 6.05. The van der Waals surface area contributed by atoms with Crippen LogP contribution < -0.4 is 5.32 Å². The molecule has 2 amide bonds. The number of nitrogens with zero attached hydrogens (tertiary/aromatic N) is 1. The number of amides is 2. The van der Waals surface area contributed by atoms with Gasteiger partial charge in [0, 0.05) is 19.2 Å². The minimum Gasteiger partial charge on any atom is -0.396 e. The van der Waals surface area contributed by atoms with Gasteiger partial charge >= 0.3 is 11.8 Å². The largest absolute Gasteiger partial charge is 0.396 e. The highest BCUT2D eigenvalue weighted by Gasteiger charge is 2.30. The standard InChI is InChI=1S/C17H23ClN2O3/c1-11-9-12(2)15(14(18)10-11)19-16(22)17(23)20-7-4-3-5-13(20)6-8-21/h9-10,13,21H,3-8H2,1-2H3,(H,19,22). The average Bonchev–Trinajstić information content (AvgIpc) is 2.51. The van der Waals surface area contributed by atoms with Gasteiger partial charge in [0.1, 0.15) is 0 Å². The third-order valence-electron chi connectivity index (χ3n) is 4.21. The van der Waals surface area contributed by atoms with Crippen molar-refractivity contribution in [3.8, 4) is 0 Å². The molecule has 0 saturated carbocycles. The molecule has 1 aromatic rings. The van der Waals surface area contributed by atoms with Gasteiger partial charge in [-0.2, -0.15) is 0 Å². The number of hydrogen-bond donors (Lipinski definition) is 2. The van der Waals surface area contributed by atoms with Crippen LogP contribution in [0.1, 0.15) is 36.8 Å². The predicted octanol–water partition coefficient (Wildman–Crippen LogP) is 2.66. The van der Waals surface area contributed by atoms with Crippen LogP contribution in [-0.4, -0.2) is 41.0 Å². The lowest BCUT2D eigenvalue weighted by atomic mass is 9.99. The Kier molecular flexibility index (Phi) is 6.02. The average molecular weight is 339 g/mol. The summed E-state index contributed by atoms with van der Waals surface area (Å²) in [5.74, 6) is -1.23. The molecule has 0 aliphatic carbocycles. The lowest BCUT2D eigenvalue weighted by Crippen LogP contribution is -2.48. The van der Waals surface area contributed by atoms with E-state index in [2.05, 4.69) is 5.32 Å². The molecule has 1 unspecified atom stereocenters. The first-order chi connectivity index (χ1) is 10.9. The molecule has 0 spiro atoms. The van der Waals surface area contributed by atoms with Gasteiger partial charge in [-0.3, -0.25) is 9.59 Å². The maximum atomic E-state index is 12.5. The number of benzene rings is 1. The Morgan fingerprint density at radius 1 is 1.35 bits per heavy atom. The van der Waals surface area contributed by atoms with Crippen molar-refractivity contribution in [2.75, 3.05) is 18.5 Å². The minimum atomic E-state index is -0.677. The van der Waals surface area contributed by atoms with Crippen molar-refractivity contribution < 1.29 is 14.7 Å². The van der Waals surface area contributed by atoms with Crippen LogP contribution in [0.5, 0.6) is 0 Å². The van der Waals surface area contributed by atoms with E-state index in [0.717, 1.165) is 30.4 Å². The number of carbonyl (C=O) groups excluding carboxylic acids is 2. The van der Waals surface area contributed by atoms with E-state index in [1.54, 1.807) is 11.0 Å². The van der Waals surface area contributed by atoms with Gasteiger partial charge in [-0.25, -0.2) is 0 Å². The van der Waals surface area contributed by atoms with E-state index in [1.807, 2.05) is 19.9 Å². The van der Waals surface area contributed by atoms with Crippen molar-refractivity contribution in [2.24, 2.45) is 0 Å². The molecule has 1 heterocycles. The maximum absolute atomic E-state index is 12.5. The Morgan fingerprint density at radius 2 is 2.09 bits per heavy atom. The van der Waals surface area contributed by atoms with Crippen LogP contribution >= 0.6 is 11.6 Å². The van der Waals surface area contributed by atoms with E-state index >= 15 is 0 Å². The molecule has 1 atom stereocenters. The van der Waals surface area contributed by atoms with Gasteiger partial charge in [-0.15, -0.1) is 0 Å². The molecule has 1 saturated heterocycles. The van der Waals surface area contributed by atoms with Crippen molar-refractivity contribution in [1.82, 2.24) is 4.90 Å². The molecule has 0 bridgehead atoms. The van der Waals surface area contributed by atoms with Gasteiger partial charge in [-0.05, 0) is 56.7 Å². The fourth-order valence-corrected chi connectivity index (χ4v) is 3.46. The number of aryl methyl sites for hydroxylation is 2. The molecule has 6 heteroatoms. The monoisotopic (exact) mass is 338 g/mol. The summed E-state index contributed by atoms with van der Waals surface area (Å²) in [6.07, 6.45) is 3.22. The molecule has 1 aliphatic heterocycles. The number of rotatable bonds is 3. The summed E-state index contributed by atoms with van der Waals surface area (Å²) in [7, 11) is 0. The normalized spacial score (nSPS) is 17.9. The van der Waals surface area contributed by atoms with E-state index in [9.17, 15) is 9.59 Å². The smallest absolute Gasteiger partial charge is 0.313 e. The van der Waals surface area contributed by atoms with E-state index in [-0.39, 0.29) is 12.6 Å². The highest BCUT2D eigenvalue weighted by Crippen LogP contribution is 2.27. The molecule has 2 N–H and O–H groups in total. The molecule has 5 nitrogen and oxygen atoms in total. The first-order valence-corrected chi connectivity index (χ1v) is 8.31.